The highest BCUT2D eigenvalue weighted by molar-refractivity contribution is 6.33. The lowest BCUT2D eigenvalue weighted by Crippen LogP contribution is -2.06. The summed E-state index contributed by atoms with van der Waals surface area (Å²) in [7, 11) is 1.38. The highest BCUT2D eigenvalue weighted by atomic mass is 35.5. The van der Waals surface area contributed by atoms with Crippen LogP contribution < -0.4 is 10.5 Å². The highest BCUT2D eigenvalue weighted by Gasteiger charge is 2.14. The van der Waals surface area contributed by atoms with Gasteiger partial charge in [0, 0.05) is 12.0 Å². The molecule has 0 heterocycles. The van der Waals surface area contributed by atoms with Crippen LogP contribution in [0.4, 0.5) is 10.1 Å². The molecule has 0 spiro atoms. The van der Waals surface area contributed by atoms with Crippen LogP contribution in [0.2, 0.25) is 5.02 Å². The highest BCUT2D eigenvalue weighted by Crippen LogP contribution is 2.23. The summed E-state index contributed by atoms with van der Waals surface area (Å²) in [5.74, 6) is -0.642. The average Bonchev–Trinajstić information content (AvgIpc) is 2.44. The van der Waals surface area contributed by atoms with Crippen LogP contribution in [0.15, 0.2) is 36.4 Å². The molecule has 2 rings (SSSR count). The lowest BCUT2D eigenvalue weighted by molar-refractivity contribution is 0.0992. The molecule has 0 unspecified atom stereocenters. The maximum atomic E-state index is 14.0. The Morgan fingerprint density at radius 1 is 1.35 bits per heavy atom. The fourth-order valence-corrected chi connectivity index (χ4v) is 1.96. The zero-order valence-electron chi connectivity index (χ0n) is 10.8. The van der Waals surface area contributed by atoms with Crippen molar-refractivity contribution in [3.05, 3.63) is 58.4 Å². The number of halogens is 2. The van der Waals surface area contributed by atoms with Crippen LogP contribution in [-0.4, -0.2) is 12.9 Å². The van der Waals surface area contributed by atoms with Gasteiger partial charge < -0.3 is 10.5 Å². The van der Waals surface area contributed by atoms with E-state index in [9.17, 15) is 9.18 Å². The topological polar surface area (TPSA) is 52.3 Å². The first-order valence-corrected chi connectivity index (χ1v) is 6.30. The molecule has 0 saturated heterocycles. The van der Waals surface area contributed by atoms with Crippen LogP contribution in [0.1, 0.15) is 15.9 Å². The minimum absolute atomic E-state index is 0.0654. The van der Waals surface area contributed by atoms with Crippen molar-refractivity contribution in [3.63, 3.8) is 0 Å². The second-order valence-electron chi connectivity index (χ2n) is 4.27. The summed E-state index contributed by atoms with van der Waals surface area (Å²) in [6.45, 7) is 0. The molecule has 0 aliphatic rings. The van der Waals surface area contributed by atoms with Crippen molar-refractivity contribution in [2.75, 3.05) is 12.8 Å². The number of anilines is 1. The average molecular weight is 294 g/mol. The molecule has 2 N–H and O–H groups in total. The maximum absolute atomic E-state index is 14.0. The molecular weight excluding hydrogens is 281 g/mol. The minimum atomic E-state index is -0.523. The number of carbonyl (C=O) groups is 1. The first-order chi connectivity index (χ1) is 9.52. The normalized spacial score (nSPS) is 10.3. The van der Waals surface area contributed by atoms with Crippen molar-refractivity contribution in [3.8, 4) is 5.75 Å². The molecule has 104 valence electrons. The molecule has 0 bridgehead atoms. The number of methoxy groups -OCH3 is 1. The Bertz CT molecular complexity index is 658. The number of hydrogen-bond donors (Lipinski definition) is 1. The predicted molar refractivity (Wildman–Crippen MR) is 76.9 cm³/mol. The van der Waals surface area contributed by atoms with Crippen LogP contribution in [-0.2, 0) is 6.42 Å². The Hall–Kier alpha value is -2.07. The van der Waals surface area contributed by atoms with Gasteiger partial charge in [0.15, 0.2) is 17.3 Å². The first-order valence-electron chi connectivity index (χ1n) is 5.92. The molecule has 0 aliphatic carbocycles. The Labute approximate surface area is 121 Å². The van der Waals surface area contributed by atoms with Gasteiger partial charge in [-0.15, -0.1) is 0 Å². The second kappa shape index (κ2) is 5.92. The van der Waals surface area contributed by atoms with E-state index in [1.54, 1.807) is 24.3 Å². The molecule has 0 fully saturated rings. The van der Waals surface area contributed by atoms with Gasteiger partial charge in [0.2, 0.25) is 0 Å². The number of ether oxygens (including phenoxy) is 1. The minimum Gasteiger partial charge on any atom is -0.494 e. The van der Waals surface area contributed by atoms with Crippen molar-refractivity contribution in [1.82, 2.24) is 0 Å². The molecule has 0 saturated carbocycles. The number of nitrogen functional groups attached to an aromatic ring is 1. The third-order valence-electron chi connectivity index (χ3n) is 2.93. The van der Waals surface area contributed by atoms with E-state index < -0.39 is 5.82 Å². The van der Waals surface area contributed by atoms with Gasteiger partial charge in [0.25, 0.3) is 0 Å². The summed E-state index contributed by atoms with van der Waals surface area (Å²) < 4.78 is 18.9. The lowest BCUT2D eigenvalue weighted by atomic mass is 10.0. The van der Waals surface area contributed by atoms with Gasteiger partial charge in [-0.05, 0) is 29.8 Å². The number of Topliss-reactive ketones (excluding diaryl/α,β-unsaturated/α-hetero) is 1. The molecule has 20 heavy (non-hydrogen) atoms. The summed E-state index contributed by atoms with van der Waals surface area (Å²) in [4.78, 5) is 12.1. The van der Waals surface area contributed by atoms with Gasteiger partial charge in [0.05, 0.1) is 17.8 Å². The van der Waals surface area contributed by atoms with Crippen LogP contribution >= 0.6 is 11.6 Å². The third-order valence-corrected chi connectivity index (χ3v) is 3.28. The number of nitrogens with two attached hydrogens (primary N) is 1. The molecule has 0 aromatic heterocycles. The molecule has 0 amide bonds. The lowest BCUT2D eigenvalue weighted by Gasteiger charge is -2.07. The molecule has 0 radical (unpaired) electrons. The van der Waals surface area contributed by atoms with E-state index in [1.807, 2.05) is 0 Å². The monoisotopic (exact) mass is 293 g/mol. The van der Waals surface area contributed by atoms with Crippen molar-refractivity contribution in [1.29, 1.82) is 0 Å². The molecule has 3 nitrogen and oxygen atoms in total. The second-order valence-corrected chi connectivity index (χ2v) is 4.68. The van der Waals surface area contributed by atoms with Crippen molar-refractivity contribution in [2.24, 2.45) is 0 Å². The van der Waals surface area contributed by atoms with Gasteiger partial charge >= 0.3 is 0 Å². The summed E-state index contributed by atoms with van der Waals surface area (Å²) >= 11 is 5.80. The molecular formula is C15H13ClFNO2. The standard InChI is InChI=1S/C15H13ClFNO2/c1-20-14-4-2-3-10(15(14)17)8-13(19)9-5-6-11(16)12(18)7-9/h2-7H,8,18H2,1H3. The van der Waals surface area contributed by atoms with E-state index in [0.717, 1.165) is 0 Å². The molecule has 0 atom stereocenters. The summed E-state index contributed by atoms with van der Waals surface area (Å²) in [6, 6.07) is 9.30. The molecule has 0 aliphatic heterocycles. The SMILES string of the molecule is COc1cccc(CC(=O)c2ccc(Cl)c(N)c2)c1F. The summed E-state index contributed by atoms with van der Waals surface area (Å²) in [6.07, 6.45) is -0.0654. The molecule has 2 aromatic carbocycles. The number of benzene rings is 2. The van der Waals surface area contributed by atoms with Crippen molar-refractivity contribution in [2.45, 2.75) is 6.42 Å². The van der Waals surface area contributed by atoms with Crippen LogP contribution in [0, 0.1) is 5.82 Å². The fraction of sp³-hybridized carbons (Fsp3) is 0.133. The summed E-state index contributed by atoms with van der Waals surface area (Å²) in [5.41, 5.74) is 6.65. The predicted octanol–water partition coefficient (Wildman–Crippen LogP) is 3.50. The van der Waals surface area contributed by atoms with E-state index in [4.69, 9.17) is 22.1 Å². The van der Waals surface area contributed by atoms with Gasteiger partial charge in [-0.1, -0.05) is 23.7 Å². The van der Waals surface area contributed by atoms with Gasteiger partial charge in [-0.25, -0.2) is 4.39 Å². The van der Waals surface area contributed by atoms with E-state index in [0.29, 0.717) is 16.3 Å². The smallest absolute Gasteiger partial charge is 0.168 e. The number of ketones is 1. The van der Waals surface area contributed by atoms with E-state index in [-0.39, 0.29) is 23.5 Å². The maximum Gasteiger partial charge on any atom is 0.168 e. The number of carbonyl (C=O) groups excluding carboxylic acids is 1. The molecule has 5 heteroatoms. The van der Waals surface area contributed by atoms with Gasteiger partial charge in [0.1, 0.15) is 0 Å². The van der Waals surface area contributed by atoms with E-state index >= 15 is 0 Å². The van der Waals surface area contributed by atoms with Crippen molar-refractivity contribution >= 4 is 23.1 Å². The Kier molecular flexibility index (Phi) is 4.25. The van der Waals surface area contributed by atoms with E-state index in [1.165, 1.54) is 19.2 Å². The zero-order chi connectivity index (χ0) is 14.7. The third kappa shape index (κ3) is 2.91. The van der Waals surface area contributed by atoms with Crippen LogP contribution in [0.5, 0.6) is 5.75 Å². The van der Waals surface area contributed by atoms with Crippen molar-refractivity contribution < 1.29 is 13.9 Å². The fourth-order valence-electron chi connectivity index (χ4n) is 1.84. The van der Waals surface area contributed by atoms with Gasteiger partial charge in [-0.2, -0.15) is 0 Å². The Morgan fingerprint density at radius 2 is 2.10 bits per heavy atom. The quantitative estimate of drug-likeness (QED) is 0.693. The van der Waals surface area contributed by atoms with Crippen LogP contribution in [0.25, 0.3) is 0 Å². The Balaban J connectivity index is 2.25. The summed E-state index contributed by atoms with van der Waals surface area (Å²) in [5, 5.41) is 0.383. The Morgan fingerprint density at radius 3 is 2.75 bits per heavy atom. The number of rotatable bonds is 4. The zero-order valence-corrected chi connectivity index (χ0v) is 11.6. The van der Waals surface area contributed by atoms with Crippen LogP contribution in [0.3, 0.4) is 0 Å². The largest absolute Gasteiger partial charge is 0.494 e. The van der Waals surface area contributed by atoms with E-state index in [2.05, 4.69) is 0 Å². The number of hydrogen-bond acceptors (Lipinski definition) is 3. The van der Waals surface area contributed by atoms with Gasteiger partial charge in [-0.3, -0.25) is 4.79 Å². The first kappa shape index (κ1) is 14.3. The molecule has 2 aromatic rings.